The summed E-state index contributed by atoms with van der Waals surface area (Å²) in [5, 5.41) is 5.84. The minimum Gasteiger partial charge on any atom is -0.247 e. The van der Waals surface area contributed by atoms with Crippen LogP contribution in [0, 0.1) is 0 Å². The molecule has 2 aromatic heterocycles. The third-order valence-electron chi connectivity index (χ3n) is 8.90. The number of hydrogen-bond donors (Lipinski definition) is 0. The molecule has 0 N–H and O–H groups in total. The van der Waals surface area contributed by atoms with Gasteiger partial charge < -0.3 is 0 Å². The van der Waals surface area contributed by atoms with Crippen LogP contribution in [0.2, 0.25) is 0 Å². The van der Waals surface area contributed by atoms with Gasteiger partial charge in [0.2, 0.25) is 0 Å². The molecule has 224 valence electrons. The lowest BCUT2D eigenvalue weighted by Crippen LogP contribution is -2.00. The second kappa shape index (κ2) is 11.7. The van der Waals surface area contributed by atoms with E-state index in [2.05, 4.69) is 103 Å². The maximum Gasteiger partial charge on any atom is 0.164 e. The van der Waals surface area contributed by atoms with E-state index >= 15 is 0 Å². The second-order valence-electron chi connectivity index (χ2n) is 11.9. The van der Waals surface area contributed by atoms with Crippen molar-refractivity contribution in [2.45, 2.75) is 0 Å². The van der Waals surface area contributed by atoms with Gasteiger partial charge in [0.1, 0.15) is 0 Å². The number of para-hydroxylation sites is 1. The molecule has 9 aromatic rings. The van der Waals surface area contributed by atoms with Crippen molar-refractivity contribution in [3.63, 3.8) is 0 Å². The zero-order valence-corrected chi connectivity index (χ0v) is 26.0. The quantitative estimate of drug-likeness (QED) is 0.181. The topological polar surface area (TPSA) is 51.6 Å². The van der Waals surface area contributed by atoms with Crippen molar-refractivity contribution in [1.82, 2.24) is 19.9 Å². The molecule has 0 spiro atoms. The lowest BCUT2D eigenvalue weighted by atomic mass is 9.96. The van der Waals surface area contributed by atoms with E-state index in [1.807, 2.05) is 66.7 Å². The fourth-order valence-electron chi connectivity index (χ4n) is 6.45. The molecule has 0 saturated heterocycles. The fourth-order valence-corrected chi connectivity index (χ4v) is 6.45. The van der Waals surface area contributed by atoms with Gasteiger partial charge in [-0.1, -0.05) is 152 Å². The summed E-state index contributed by atoms with van der Waals surface area (Å²) >= 11 is 0. The van der Waals surface area contributed by atoms with Gasteiger partial charge in [-0.15, -0.1) is 0 Å². The maximum atomic E-state index is 5.09. The number of fused-ring (bicyclic) bond motifs is 4. The molecule has 2 heterocycles. The molecule has 0 bridgehead atoms. The molecule has 9 rings (SSSR count). The SMILES string of the molecule is c1ccc(-c2nc(-c3ccccc3)nc(-c3ccc4ccc(-c5ccc(-c6nc7ccccc7c7ccccc67)cc5)cc4c3)n2)cc1. The summed E-state index contributed by atoms with van der Waals surface area (Å²) < 4.78 is 0. The smallest absolute Gasteiger partial charge is 0.164 e. The van der Waals surface area contributed by atoms with Gasteiger partial charge in [-0.05, 0) is 45.5 Å². The van der Waals surface area contributed by atoms with Crippen molar-refractivity contribution in [2.24, 2.45) is 0 Å². The van der Waals surface area contributed by atoms with Crippen LogP contribution in [0.5, 0.6) is 0 Å². The molecule has 0 aliphatic heterocycles. The molecule has 0 fully saturated rings. The molecule has 0 aliphatic carbocycles. The lowest BCUT2D eigenvalue weighted by Gasteiger charge is -2.11. The molecule has 0 atom stereocenters. The van der Waals surface area contributed by atoms with Crippen molar-refractivity contribution in [3.8, 4) is 56.5 Å². The molecule has 4 heteroatoms. The van der Waals surface area contributed by atoms with Crippen LogP contribution in [-0.2, 0) is 0 Å². The highest BCUT2D eigenvalue weighted by molar-refractivity contribution is 6.10. The van der Waals surface area contributed by atoms with Gasteiger partial charge >= 0.3 is 0 Å². The molecule has 48 heavy (non-hydrogen) atoms. The zero-order valence-electron chi connectivity index (χ0n) is 26.0. The fraction of sp³-hybridized carbons (Fsp3) is 0. The van der Waals surface area contributed by atoms with Crippen LogP contribution in [0.15, 0.2) is 170 Å². The number of rotatable bonds is 5. The average molecular weight is 613 g/mol. The molecule has 0 aliphatic rings. The largest absolute Gasteiger partial charge is 0.247 e. The van der Waals surface area contributed by atoms with Gasteiger partial charge in [0.25, 0.3) is 0 Å². The monoisotopic (exact) mass is 612 g/mol. The van der Waals surface area contributed by atoms with Crippen molar-refractivity contribution >= 4 is 32.4 Å². The van der Waals surface area contributed by atoms with Crippen LogP contribution in [-0.4, -0.2) is 19.9 Å². The first kappa shape index (κ1) is 27.8. The molecule has 0 saturated carbocycles. The van der Waals surface area contributed by atoms with Crippen molar-refractivity contribution in [2.75, 3.05) is 0 Å². The first-order chi connectivity index (χ1) is 23.8. The summed E-state index contributed by atoms with van der Waals surface area (Å²) in [5.41, 5.74) is 8.25. The van der Waals surface area contributed by atoms with Crippen LogP contribution >= 0.6 is 0 Å². The van der Waals surface area contributed by atoms with Gasteiger partial charge in [-0.2, -0.15) is 0 Å². The molecule has 0 radical (unpaired) electrons. The van der Waals surface area contributed by atoms with Crippen molar-refractivity contribution in [3.05, 3.63) is 170 Å². The van der Waals surface area contributed by atoms with E-state index in [4.69, 9.17) is 19.9 Å². The summed E-state index contributed by atoms with van der Waals surface area (Å²) in [5.74, 6) is 1.96. The molecular formula is C44H28N4. The second-order valence-corrected chi connectivity index (χ2v) is 11.9. The first-order valence-corrected chi connectivity index (χ1v) is 16.1. The Kier molecular flexibility index (Phi) is 6.76. The van der Waals surface area contributed by atoms with Crippen LogP contribution in [0.1, 0.15) is 0 Å². The highest BCUT2D eigenvalue weighted by atomic mass is 15.0. The van der Waals surface area contributed by atoms with E-state index < -0.39 is 0 Å². The summed E-state index contributed by atoms with van der Waals surface area (Å²) in [6, 6.07) is 58.8. The standard InChI is InChI=1S/C44H28N4/c1-3-11-32(12-4-1)42-46-43(33-13-5-2-6-14-33)48-44(47-42)35-26-22-30-21-25-34(27-36(30)28-35)29-19-23-31(24-20-29)41-39-17-8-7-15-37(39)38-16-9-10-18-40(38)45-41/h1-28H. The highest BCUT2D eigenvalue weighted by Gasteiger charge is 2.14. The number of nitrogens with zero attached hydrogens (tertiary/aromatic N) is 4. The van der Waals surface area contributed by atoms with E-state index in [-0.39, 0.29) is 0 Å². The van der Waals surface area contributed by atoms with Crippen molar-refractivity contribution < 1.29 is 0 Å². The summed E-state index contributed by atoms with van der Waals surface area (Å²) in [6.45, 7) is 0. The summed E-state index contributed by atoms with van der Waals surface area (Å²) in [7, 11) is 0. The molecular weight excluding hydrogens is 585 g/mol. The minimum atomic E-state index is 0.648. The first-order valence-electron chi connectivity index (χ1n) is 16.1. The summed E-state index contributed by atoms with van der Waals surface area (Å²) in [4.78, 5) is 19.8. The number of pyridine rings is 1. The van der Waals surface area contributed by atoms with E-state index in [0.717, 1.165) is 60.8 Å². The Balaban J connectivity index is 1.10. The number of hydrogen-bond acceptors (Lipinski definition) is 4. The van der Waals surface area contributed by atoms with E-state index in [1.165, 1.54) is 10.8 Å². The molecule has 0 unspecified atom stereocenters. The molecule has 7 aromatic carbocycles. The summed E-state index contributed by atoms with van der Waals surface area (Å²) in [6.07, 6.45) is 0. The van der Waals surface area contributed by atoms with Crippen LogP contribution in [0.4, 0.5) is 0 Å². The van der Waals surface area contributed by atoms with Crippen LogP contribution in [0.3, 0.4) is 0 Å². The predicted octanol–water partition coefficient (Wildman–Crippen LogP) is 11.1. The van der Waals surface area contributed by atoms with Gasteiger partial charge in [0, 0.05) is 33.0 Å². The van der Waals surface area contributed by atoms with E-state index in [0.29, 0.717) is 17.5 Å². The number of aromatic nitrogens is 4. The predicted molar refractivity (Wildman–Crippen MR) is 197 cm³/mol. The Labute approximate surface area is 278 Å². The third kappa shape index (κ3) is 5.06. The van der Waals surface area contributed by atoms with E-state index in [1.54, 1.807) is 0 Å². The lowest BCUT2D eigenvalue weighted by molar-refractivity contribution is 1.07. The Morgan fingerprint density at radius 3 is 1.42 bits per heavy atom. The van der Waals surface area contributed by atoms with Crippen molar-refractivity contribution in [1.29, 1.82) is 0 Å². The van der Waals surface area contributed by atoms with Gasteiger partial charge in [0.05, 0.1) is 11.2 Å². The number of benzene rings is 7. The zero-order chi connectivity index (χ0) is 31.9. The Bertz CT molecular complexity index is 2540. The maximum absolute atomic E-state index is 5.09. The average Bonchev–Trinajstić information content (AvgIpc) is 3.18. The third-order valence-corrected chi connectivity index (χ3v) is 8.90. The Morgan fingerprint density at radius 1 is 0.271 bits per heavy atom. The minimum absolute atomic E-state index is 0.648. The van der Waals surface area contributed by atoms with Crippen LogP contribution < -0.4 is 0 Å². The van der Waals surface area contributed by atoms with Gasteiger partial charge in [0.15, 0.2) is 17.5 Å². The highest BCUT2D eigenvalue weighted by Crippen LogP contribution is 2.34. The normalized spacial score (nSPS) is 11.3. The van der Waals surface area contributed by atoms with Gasteiger partial charge in [-0.25, -0.2) is 19.9 Å². The Morgan fingerprint density at radius 2 is 0.750 bits per heavy atom. The van der Waals surface area contributed by atoms with E-state index in [9.17, 15) is 0 Å². The Hall–Kier alpha value is -6.52. The van der Waals surface area contributed by atoms with Gasteiger partial charge in [-0.3, -0.25) is 0 Å². The molecule has 4 nitrogen and oxygen atoms in total. The van der Waals surface area contributed by atoms with Crippen LogP contribution in [0.25, 0.3) is 89.0 Å². The molecule has 0 amide bonds.